The van der Waals surface area contributed by atoms with Crippen molar-refractivity contribution in [1.82, 2.24) is 15.2 Å². The second-order valence-corrected chi connectivity index (χ2v) is 7.86. The third kappa shape index (κ3) is 5.25. The van der Waals surface area contributed by atoms with Crippen molar-refractivity contribution in [3.63, 3.8) is 0 Å². The van der Waals surface area contributed by atoms with E-state index in [1.54, 1.807) is 11.3 Å². The van der Waals surface area contributed by atoms with Gasteiger partial charge in [-0.2, -0.15) is 0 Å². The zero-order valence-electron chi connectivity index (χ0n) is 14.0. The number of carbonyl (C=O) groups is 1. The van der Waals surface area contributed by atoms with Gasteiger partial charge in [-0.25, -0.2) is 9.78 Å². The molecule has 1 N–H and O–H groups in total. The maximum absolute atomic E-state index is 11.7. The second kappa shape index (κ2) is 7.42. The van der Waals surface area contributed by atoms with Crippen molar-refractivity contribution >= 4 is 17.4 Å². The third-order valence-electron chi connectivity index (χ3n) is 3.84. The SMILES string of the molecule is C[C@@H](c1nccs1)N1CCC[C@@H](CNC(=O)OC(C)(C)C)C1. The third-order valence-corrected chi connectivity index (χ3v) is 4.79. The summed E-state index contributed by atoms with van der Waals surface area (Å²) in [4.78, 5) is 18.6. The molecule has 0 saturated carbocycles. The van der Waals surface area contributed by atoms with Crippen LogP contribution >= 0.6 is 11.3 Å². The van der Waals surface area contributed by atoms with E-state index < -0.39 is 5.60 Å². The summed E-state index contributed by atoms with van der Waals surface area (Å²) >= 11 is 1.71. The van der Waals surface area contributed by atoms with Crippen LogP contribution in [0.2, 0.25) is 0 Å². The molecule has 2 atom stereocenters. The molecule has 0 aliphatic carbocycles. The average molecular weight is 325 g/mol. The second-order valence-electron chi connectivity index (χ2n) is 6.93. The first-order valence-electron chi connectivity index (χ1n) is 7.95. The number of piperidine rings is 1. The zero-order valence-corrected chi connectivity index (χ0v) is 14.8. The summed E-state index contributed by atoms with van der Waals surface area (Å²) in [5.74, 6) is 0.476. The van der Waals surface area contributed by atoms with Crippen molar-refractivity contribution in [2.45, 2.75) is 52.2 Å². The molecule has 6 heteroatoms. The topological polar surface area (TPSA) is 54.5 Å². The maximum Gasteiger partial charge on any atom is 0.407 e. The van der Waals surface area contributed by atoms with Gasteiger partial charge in [0.2, 0.25) is 0 Å². The summed E-state index contributed by atoms with van der Waals surface area (Å²) in [6, 6.07) is 0.351. The number of ether oxygens (including phenoxy) is 1. The first-order chi connectivity index (χ1) is 10.3. The number of amides is 1. The first-order valence-corrected chi connectivity index (χ1v) is 8.83. The van der Waals surface area contributed by atoms with Crippen LogP contribution in [0, 0.1) is 5.92 Å². The highest BCUT2D eigenvalue weighted by atomic mass is 32.1. The Balaban J connectivity index is 1.80. The number of carbonyl (C=O) groups excluding carboxylic acids is 1. The largest absolute Gasteiger partial charge is 0.444 e. The lowest BCUT2D eigenvalue weighted by Crippen LogP contribution is -2.43. The number of aromatic nitrogens is 1. The van der Waals surface area contributed by atoms with E-state index in [0.29, 0.717) is 18.5 Å². The van der Waals surface area contributed by atoms with Crippen LogP contribution in [0.5, 0.6) is 0 Å². The molecule has 1 aliphatic rings. The van der Waals surface area contributed by atoms with Crippen molar-refractivity contribution < 1.29 is 9.53 Å². The minimum absolute atomic E-state index is 0.322. The number of nitrogens with one attached hydrogen (secondary N) is 1. The molecule has 0 radical (unpaired) electrons. The summed E-state index contributed by atoms with van der Waals surface area (Å²) in [5.41, 5.74) is -0.442. The van der Waals surface area contributed by atoms with E-state index in [1.807, 2.05) is 32.3 Å². The van der Waals surface area contributed by atoms with Crippen molar-refractivity contribution in [3.8, 4) is 0 Å². The Morgan fingerprint density at radius 1 is 1.59 bits per heavy atom. The van der Waals surface area contributed by atoms with Crippen molar-refractivity contribution in [3.05, 3.63) is 16.6 Å². The molecule has 0 unspecified atom stereocenters. The van der Waals surface area contributed by atoms with E-state index in [1.165, 1.54) is 5.01 Å². The predicted molar refractivity (Wildman–Crippen MR) is 89.1 cm³/mol. The molecule has 0 bridgehead atoms. The van der Waals surface area contributed by atoms with E-state index in [9.17, 15) is 4.79 Å². The highest BCUT2D eigenvalue weighted by molar-refractivity contribution is 7.09. The summed E-state index contributed by atoms with van der Waals surface area (Å²) in [6.07, 6.45) is 3.85. The molecular weight excluding hydrogens is 298 g/mol. The van der Waals surface area contributed by atoms with Gasteiger partial charge in [-0.15, -0.1) is 11.3 Å². The fraction of sp³-hybridized carbons (Fsp3) is 0.750. The van der Waals surface area contributed by atoms with Gasteiger partial charge in [0.1, 0.15) is 10.6 Å². The van der Waals surface area contributed by atoms with Crippen molar-refractivity contribution in [2.24, 2.45) is 5.92 Å². The standard InChI is InChI=1S/C16H27N3O2S/c1-12(14-17-7-9-22-14)19-8-5-6-13(11-19)10-18-15(20)21-16(2,3)4/h7,9,12-13H,5-6,8,10-11H2,1-4H3,(H,18,20)/t12-,13-/m0/s1. The van der Waals surface area contributed by atoms with Gasteiger partial charge in [0.15, 0.2) is 0 Å². The van der Waals surface area contributed by atoms with Crippen LogP contribution in [0.1, 0.15) is 51.6 Å². The number of nitrogens with zero attached hydrogens (tertiary/aromatic N) is 2. The van der Waals surface area contributed by atoms with Crippen LogP contribution in [-0.4, -0.2) is 41.2 Å². The fourth-order valence-corrected chi connectivity index (χ4v) is 3.48. The van der Waals surface area contributed by atoms with Crippen LogP contribution in [0.15, 0.2) is 11.6 Å². The van der Waals surface area contributed by atoms with Crippen LogP contribution in [0.3, 0.4) is 0 Å². The van der Waals surface area contributed by atoms with E-state index in [4.69, 9.17) is 4.74 Å². The van der Waals surface area contributed by atoms with Gasteiger partial charge in [0.05, 0.1) is 6.04 Å². The van der Waals surface area contributed by atoms with Gasteiger partial charge in [0.25, 0.3) is 0 Å². The number of likely N-dealkylation sites (tertiary alicyclic amines) is 1. The Hall–Kier alpha value is -1.14. The minimum Gasteiger partial charge on any atom is -0.444 e. The van der Waals surface area contributed by atoms with Crippen LogP contribution in [-0.2, 0) is 4.74 Å². The van der Waals surface area contributed by atoms with Gasteiger partial charge < -0.3 is 10.1 Å². The molecule has 2 heterocycles. The molecule has 1 fully saturated rings. The first kappa shape index (κ1) is 17.2. The predicted octanol–water partition coefficient (Wildman–Crippen LogP) is 3.44. The normalized spacial score (nSPS) is 21.4. The molecule has 124 valence electrons. The summed E-state index contributed by atoms with van der Waals surface area (Å²) in [6.45, 7) is 10.6. The van der Waals surface area contributed by atoms with E-state index in [0.717, 1.165) is 25.9 Å². The van der Waals surface area contributed by atoms with Gasteiger partial charge in [-0.3, -0.25) is 4.90 Å². The molecule has 0 aromatic carbocycles. The van der Waals surface area contributed by atoms with Crippen LogP contribution in [0.4, 0.5) is 4.79 Å². The Bertz CT molecular complexity index is 470. The average Bonchev–Trinajstić information content (AvgIpc) is 2.97. The van der Waals surface area contributed by atoms with Crippen molar-refractivity contribution in [2.75, 3.05) is 19.6 Å². The van der Waals surface area contributed by atoms with Crippen LogP contribution < -0.4 is 5.32 Å². The molecule has 0 spiro atoms. The Morgan fingerprint density at radius 3 is 3.00 bits per heavy atom. The maximum atomic E-state index is 11.7. The summed E-state index contributed by atoms with van der Waals surface area (Å²) < 4.78 is 5.29. The molecule has 1 aromatic heterocycles. The molecule has 2 rings (SSSR count). The van der Waals surface area contributed by atoms with E-state index >= 15 is 0 Å². The van der Waals surface area contributed by atoms with Gasteiger partial charge in [-0.05, 0) is 53.0 Å². The Kier molecular flexibility index (Phi) is 5.81. The lowest BCUT2D eigenvalue weighted by Gasteiger charge is -2.36. The minimum atomic E-state index is -0.442. The monoisotopic (exact) mass is 325 g/mol. The van der Waals surface area contributed by atoms with Crippen LogP contribution in [0.25, 0.3) is 0 Å². The Morgan fingerprint density at radius 2 is 2.36 bits per heavy atom. The van der Waals surface area contributed by atoms with E-state index in [2.05, 4.69) is 22.1 Å². The summed E-state index contributed by atoms with van der Waals surface area (Å²) in [7, 11) is 0. The highest BCUT2D eigenvalue weighted by Crippen LogP contribution is 2.27. The van der Waals surface area contributed by atoms with Gasteiger partial charge in [-0.1, -0.05) is 0 Å². The molecule has 1 aromatic rings. The molecular formula is C16H27N3O2S. The van der Waals surface area contributed by atoms with Gasteiger partial charge >= 0.3 is 6.09 Å². The smallest absolute Gasteiger partial charge is 0.407 e. The molecule has 5 nitrogen and oxygen atoms in total. The number of hydrogen-bond acceptors (Lipinski definition) is 5. The lowest BCUT2D eigenvalue weighted by molar-refractivity contribution is 0.0501. The number of rotatable bonds is 4. The highest BCUT2D eigenvalue weighted by Gasteiger charge is 2.26. The fourth-order valence-electron chi connectivity index (χ4n) is 2.75. The van der Waals surface area contributed by atoms with Crippen molar-refractivity contribution in [1.29, 1.82) is 0 Å². The molecule has 22 heavy (non-hydrogen) atoms. The lowest BCUT2D eigenvalue weighted by atomic mass is 9.97. The Labute approximate surface area is 137 Å². The molecule has 1 aliphatic heterocycles. The zero-order chi connectivity index (χ0) is 16.2. The van der Waals surface area contributed by atoms with E-state index in [-0.39, 0.29) is 6.09 Å². The number of alkyl carbamates (subject to hydrolysis) is 1. The number of hydrogen-bond donors (Lipinski definition) is 1. The number of thiazole rings is 1. The van der Waals surface area contributed by atoms with Gasteiger partial charge in [0, 0.05) is 24.7 Å². The summed E-state index contributed by atoms with van der Waals surface area (Å²) in [5, 5.41) is 6.09. The molecule has 1 amide bonds. The quantitative estimate of drug-likeness (QED) is 0.921. The molecule has 1 saturated heterocycles.